The van der Waals surface area contributed by atoms with Crippen LogP contribution in [0.15, 0.2) is 29.3 Å². The number of para-hydroxylation sites is 2. The minimum Gasteiger partial charge on any atom is -0.356 e. The first-order valence-electron chi connectivity index (χ1n) is 9.68. The van der Waals surface area contributed by atoms with Gasteiger partial charge >= 0.3 is 15.5 Å². The lowest BCUT2D eigenvalue weighted by molar-refractivity contribution is -0.0494. The van der Waals surface area contributed by atoms with Crippen molar-refractivity contribution in [3.05, 3.63) is 30.1 Å². The molecule has 1 aliphatic rings. The first kappa shape index (κ1) is 22.3. The molecule has 0 saturated carbocycles. The summed E-state index contributed by atoms with van der Waals surface area (Å²) in [4.78, 5) is 11.9. The predicted octanol–water partition coefficient (Wildman–Crippen LogP) is 1.97. The van der Waals surface area contributed by atoms with E-state index in [0.29, 0.717) is 16.8 Å². The number of aryl methyl sites for hydroxylation is 1. The molecule has 0 amide bonds. The van der Waals surface area contributed by atoms with Gasteiger partial charge in [0.2, 0.25) is 0 Å². The fraction of sp³-hybridized carbons (Fsp3) is 0.556. The van der Waals surface area contributed by atoms with Gasteiger partial charge in [-0.2, -0.15) is 17.5 Å². The van der Waals surface area contributed by atoms with Crippen molar-refractivity contribution in [3.8, 4) is 0 Å². The SMILES string of the molecule is CN=C(NCCCc1nc2ccccc2[nH]1)NC1CCN(S(=O)(=O)C(F)(F)F)CC1. The largest absolute Gasteiger partial charge is 0.511 e. The number of alkyl halides is 3. The van der Waals surface area contributed by atoms with Gasteiger partial charge < -0.3 is 15.6 Å². The second-order valence-corrected chi connectivity index (χ2v) is 9.00. The number of H-pyrrole nitrogens is 1. The molecule has 8 nitrogen and oxygen atoms in total. The molecule has 1 aliphatic heterocycles. The number of aromatic nitrogens is 2. The van der Waals surface area contributed by atoms with Crippen molar-refractivity contribution in [1.82, 2.24) is 24.9 Å². The number of hydrogen-bond acceptors (Lipinski definition) is 4. The number of fused-ring (bicyclic) bond motifs is 1. The maximum absolute atomic E-state index is 12.7. The van der Waals surface area contributed by atoms with E-state index in [-0.39, 0.29) is 32.0 Å². The van der Waals surface area contributed by atoms with Crippen molar-refractivity contribution in [1.29, 1.82) is 0 Å². The summed E-state index contributed by atoms with van der Waals surface area (Å²) in [7, 11) is -3.65. The summed E-state index contributed by atoms with van der Waals surface area (Å²) < 4.78 is 61.4. The number of aliphatic imine (C=N–C) groups is 1. The number of benzene rings is 1. The van der Waals surface area contributed by atoms with E-state index in [4.69, 9.17) is 0 Å². The lowest BCUT2D eigenvalue weighted by Gasteiger charge is -2.32. The number of piperidine rings is 1. The van der Waals surface area contributed by atoms with E-state index in [2.05, 4.69) is 25.6 Å². The van der Waals surface area contributed by atoms with Gasteiger partial charge in [0.1, 0.15) is 5.82 Å². The second-order valence-electron chi connectivity index (χ2n) is 7.07. The van der Waals surface area contributed by atoms with Crippen LogP contribution in [0.5, 0.6) is 0 Å². The summed E-state index contributed by atoms with van der Waals surface area (Å²) in [6.07, 6.45) is 2.11. The molecule has 1 aromatic heterocycles. The van der Waals surface area contributed by atoms with Gasteiger partial charge in [0, 0.05) is 39.1 Å². The van der Waals surface area contributed by atoms with Crippen LogP contribution >= 0.6 is 0 Å². The monoisotopic (exact) mass is 446 g/mol. The Bertz CT molecular complexity index is 948. The molecule has 1 fully saturated rings. The topological polar surface area (TPSA) is 102 Å². The molecule has 0 spiro atoms. The molecular formula is C18H25F3N6O2S. The average molecular weight is 446 g/mol. The van der Waals surface area contributed by atoms with Crippen LogP contribution in [0.1, 0.15) is 25.1 Å². The number of nitrogens with zero attached hydrogens (tertiary/aromatic N) is 3. The quantitative estimate of drug-likeness (QED) is 0.358. The lowest BCUT2D eigenvalue weighted by atomic mass is 10.1. The molecule has 2 heterocycles. The van der Waals surface area contributed by atoms with Crippen LogP contribution in [0.4, 0.5) is 13.2 Å². The highest BCUT2D eigenvalue weighted by atomic mass is 32.2. The van der Waals surface area contributed by atoms with Crippen molar-refractivity contribution < 1.29 is 21.6 Å². The van der Waals surface area contributed by atoms with E-state index in [1.807, 2.05) is 24.3 Å². The highest BCUT2D eigenvalue weighted by Gasteiger charge is 2.50. The standard InChI is InChI=1S/C18H25F3N6O2S/c1-22-17(23-10-4-7-16-25-14-5-2-3-6-15(14)26-16)24-13-8-11-27(12-9-13)30(28,29)18(19,20)21/h2-3,5-6,13H,4,7-12H2,1H3,(H,25,26)(H2,22,23,24). The van der Waals surface area contributed by atoms with Crippen LogP contribution in [0.2, 0.25) is 0 Å². The van der Waals surface area contributed by atoms with E-state index < -0.39 is 15.5 Å². The number of aromatic amines is 1. The van der Waals surface area contributed by atoms with E-state index in [1.54, 1.807) is 7.05 Å². The van der Waals surface area contributed by atoms with Crippen LogP contribution in [0.25, 0.3) is 11.0 Å². The van der Waals surface area contributed by atoms with Crippen LogP contribution in [-0.2, 0) is 16.4 Å². The van der Waals surface area contributed by atoms with Gasteiger partial charge in [-0.15, -0.1) is 0 Å². The van der Waals surface area contributed by atoms with Gasteiger partial charge in [-0.3, -0.25) is 4.99 Å². The number of sulfonamides is 1. The lowest BCUT2D eigenvalue weighted by Crippen LogP contribution is -2.51. The molecule has 0 atom stereocenters. The molecule has 12 heteroatoms. The van der Waals surface area contributed by atoms with Crippen molar-refractivity contribution in [2.75, 3.05) is 26.7 Å². The van der Waals surface area contributed by atoms with Gasteiger partial charge in [0.05, 0.1) is 11.0 Å². The Balaban J connectivity index is 1.41. The average Bonchev–Trinajstić information content (AvgIpc) is 3.12. The minimum atomic E-state index is -5.26. The number of rotatable bonds is 6. The predicted molar refractivity (Wildman–Crippen MR) is 108 cm³/mol. The molecule has 2 aromatic rings. The Labute approximate surface area is 173 Å². The summed E-state index contributed by atoms with van der Waals surface area (Å²) in [6.45, 7) is 0.281. The smallest absolute Gasteiger partial charge is 0.356 e. The molecular weight excluding hydrogens is 421 g/mol. The van der Waals surface area contributed by atoms with E-state index in [0.717, 1.165) is 29.7 Å². The number of imidazole rings is 1. The zero-order valence-electron chi connectivity index (χ0n) is 16.5. The molecule has 0 radical (unpaired) electrons. The first-order chi connectivity index (χ1) is 14.2. The fourth-order valence-electron chi connectivity index (χ4n) is 3.36. The number of guanidine groups is 1. The zero-order valence-corrected chi connectivity index (χ0v) is 17.4. The summed E-state index contributed by atoms with van der Waals surface area (Å²) in [5.41, 5.74) is -3.33. The van der Waals surface area contributed by atoms with Crippen molar-refractivity contribution in [3.63, 3.8) is 0 Å². The maximum Gasteiger partial charge on any atom is 0.511 e. The molecule has 30 heavy (non-hydrogen) atoms. The zero-order chi connectivity index (χ0) is 21.8. The highest BCUT2D eigenvalue weighted by molar-refractivity contribution is 7.90. The Hall–Kier alpha value is -2.34. The molecule has 0 bridgehead atoms. The minimum absolute atomic E-state index is 0.147. The molecule has 0 aliphatic carbocycles. The van der Waals surface area contributed by atoms with E-state index in [1.165, 1.54) is 0 Å². The van der Waals surface area contributed by atoms with Gasteiger partial charge in [-0.1, -0.05) is 12.1 Å². The molecule has 166 valence electrons. The van der Waals surface area contributed by atoms with Crippen LogP contribution in [-0.4, -0.2) is 66.9 Å². The summed E-state index contributed by atoms with van der Waals surface area (Å²) >= 11 is 0. The number of nitrogens with one attached hydrogen (secondary N) is 3. The van der Waals surface area contributed by atoms with Crippen LogP contribution in [0, 0.1) is 0 Å². The maximum atomic E-state index is 12.7. The number of halogens is 3. The molecule has 1 saturated heterocycles. The number of hydrogen-bond donors (Lipinski definition) is 3. The van der Waals surface area contributed by atoms with Crippen molar-refractivity contribution in [2.45, 2.75) is 37.2 Å². The van der Waals surface area contributed by atoms with Gasteiger partial charge in [0.15, 0.2) is 5.96 Å². The van der Waals surface area contributed by atoms with Gasteiger partial charge in [-0.05, 0) is 31.4 Å². The first-order valence-corrected chi connectivity index (χ1v) is 11.1. The Kier molecular flexibility index (Phi) is 6.86. The third-order valence-corrected chi connectivity index (χ3v) is 6.60. The normalized spacial score (nSPS) is 17.4. The van der Waals surface area contributed by atoms with Crippen LogP contribution in [0.3, 0.4) is 0 Å². The van der Waals surface area contributed by atoms with E-state index >= 15 is 0 Å². The molecule has 0 unspecified atom stereocenters. The summed E-state index contributed by atoms with van der Waals surface area (Å²) in [6, 6.07) is 7.66. The molecule has 3 N–H and O–H groups in total. The van der Waals surface area contributed by atoms with Gasteiger partial charge in [-0.25, -0.2) is 13.4 Å². The molecule has 1 aromatic carbocycles. The van der Waals surface area contributed by atoms with E-state index in [9.17, 15) is 21.6 Å². The van der Waals surface area contributed by atoms with Crippen LogP contribution < -0.4 is 10.6 Å². The second kappa shape index (κ2) is 9.21. The fourth-order valence-corrected chi connectivity index (χ4v) is 4.35. The third kappa shape index (κ3) is 5.22. The van der Waals surface area contributed by atoms with Crippen molar-refractivity contribution >= 4 is 27.0 Å². The summed E-state index contributed by atoms with van der Waals surface area (Å²) in [5, 5.41) is 6.32. The molecule has 3 rings (SSSR count). The Morgan fingerprint density at radius 1 is 1.30 bits per heavy atom. The van der Waals surface area contributed by atoms with Gasteiger partial charge in [0.25, 0.3) is 0 Å². The Morgan fingerprint density at radius 2 is 2.00 bits per heavy atom. The third-order valence-electron chi connectivity index (χ3n) is 4.97. The highest BCUT2D eigenvalue weighted by Crippen LogP contribution is 2.28. The Morgan fingerprint density at radius 3 is 2.63 bits per heavy atom. The summed E-state index contributed by atoms with van der Waals surface area (Å²) in [5.74, 6) is 1.44. The van der Waals surface area contributed by atoms with Crippen molar-refractivity contribution in [2.24, 2.45) is 4.99 Å².